The van der Waals surface area contributed by atoms with Gasteiger partial charge in [-0.2, -0.15) is 0 Å². The van der Waals surface area contributed by atoms with Crippen molar-refractivity contribution in [2.24, 2.45) is 0 Å². The number of benzene rings is 3. The lowest BCUT2D eigenvalue weighted by atomic mass is 10.0. The predicted molar refractivity (Wildman–Crippen MR) is 117 cm³/mol. The molecule has 1 N–H and O–H groups in total. The normalized spacial score (nSPS) is 15.4. The van der Waals surface area contributed by atoms with E-state index in [2.05, 4.69) is 5.32 Å². The van der Waals surface area contributed by atoms with E-state index in [9.17, 15) is 4.79 Å². The van der Waals surface area contributed by atoms with E-state index >= 15 is 0 Å². The average Bonchev–Trinajstić information content (AvgIpc) is 2.82. The first-order valence-electron chi connectivity index (χ1n) is 9.81. The number of ether oxygens (including phenoxy) is 3. The molecule has 1 heterocycles. The first-order valence-corrected chi connectivity index (χ1v) is 9.81. The Labute approximate surface area is 175 Å². The van der Waals surface area contributed by atoms with Crippen molar-refractivity contribution in [3.63, 3.8) is 0 Å². The Morgan fingerprint density at radius 3 is 2.43 bits per heavy atom. The van der Waals surface area contributed by atoms with Gasteiger partial charge in [0.2, 0.25) is 0 Å². The van der Waals surface area contributed by atoms with Gasteiger partial charge in [0.1, 0.15) is 18.5 Å². The lowest BCUT2D eigenvalue weighted by Gasteiger charge is -2.26. The zero-order chi connectivity index (χ0) is 20.8. The Morgan fingerprint density at radius 2 is 1.70 bits per heavy atom. The summed E-state index contributed by atoms with van der Waals surface area (Å²) < 4.78 is 16.9. The number of nitrogens with one attached hydrogen (secondary N) is 1. The molecule has 0 radical (unpaired) electrons. The molecule has 0 bridgehead atoms. The molecule has 0 fully saturated rings. The summed E-state index contributed by atoms with van der Waals surface area (Å²) in [6.07, 6.45) is 1.62. The summed E-state index contributed by atoms with van der Waals surface area (Å²) in [4.78, 5) is 13.1. The second-order valence-electron chi connectivity index (χ2n) is 6.90. The first-order chi connectivity index (χ1) is 14.7. The van der Waals surface area contributed by atoms with Gasteiger partial charge in [0.25, 0.3) is 5.91 Å². The van der Waals surface area contributed by atoms with Crippen molar-refractivity contribution in [1.29, 1.82) is 0 Å². The van der Waals surface area contributed by atoms with Crippen LogP contribution in [-0.2, 0) is 4.79 Å². The fourth-order valence-corrected chi connectivity index (χ4v) is 3.23. The van der Waals surface area contributed by atoms with E-state index < -0.39 is 0 Å². The highest BCUT2D eigenvalue weighted by Gasteiger charge is 2.22. The summed E-state index contributed by atoms with van der Waals surface area (Å²) in [6, 6.07) is 24.7. The van der Waals surface area contributed by atoms with Crippen molar-refractivity contribution in [2.75, 3.05) is 20.3 Å². The van der Waals surface area contributed by atoms with Crippen molar-refractivity contribution in [3.8, 4) is 17.2 Å². The number of carbonyl (C=O) groups excluding carboxylic acids is 1. The lowest BCUT2D eigenvalue weighted by molar-refractivity contribution is -0.116. The minimum absolute atomic E-state index is 0.167. The van der Waals surface area contributed by atoms with E-state index in [4.69, 9.17) is 14.2 Å². The topological polar surface area (TPSA) is 56.8 Å². The number of hydrogen-bond donors (Lipinski definition) is 1. The molecule has 5 nitrogen and oxygen atoms in total. The maximum Gasteiger partial charge on any atom is 0.252 e. The van der Waals surface area contributed by atoms with Crippen molar-refractivity contribution in [1.82, 2.24) is 5.32 Å². The molecule has 4 rings (SSSR count). The number of amides is 1. The van der Waals surface area contributed by atoms with Crippen LogP contribution in [0, 0.1) is 0 Å². The third-order valence-corrected chi connectivity index (χ3v) is 4.81. The van der Waals surface area contributed by atoms with Crippen LogP contribution in [-0.4, -0.2) is 32.3 Å². The number of fused-ring (bicyclic) bond motifs is 1. The molecular weight excluding hydrogens is 378 g/mol. The van der Waals surface area contributed by atoms with E-state index in [0.717, 1.165) is 22.6 Å². The van der Waals surface area contributed by atoms with Gasteiger partial charge in [-0.05, 0) is 41.5 Å². The van der Waals surface area contributed by atoms with Gasteiger partial charge in [0.05, 0.1) is 13.7 Å². The highest BCUT2D eigenvalue weighted by atomic mass is 16.6. The molecule has 5 heteroatoms. The van der Waals surface area contributed by atoms with E-state index in [1.807, 2.05) is 84.9 Å². The van der Waals surface area contributed by atoms with Crippen molar-refractivity contribution >= 4 is 17.6 Å². The van der Waals surface area contributed by atoms with E-state index in [0.29, 0.717) is 24.5 Å². The smallest absolute Gasteiger partial charge is 0.252 e. The van der Waals surface area contributed by atoms with Gasteiger partial charge in [-0.15, -0.1) is 0 Å². The lowest BCUT2D eigenvalue weighted by Crippen LogP contribution is -2.41. The molecule has 1 amide bonds. The quantitative estimate of drug-likeness (QED) is 0.497. The van der Waals surface area contributed by atoms with Crippen LogP contribution < -0.4 is 19.5 Å². The number of rotatable bonds is 6. The van der Waals surface area contributed by atoms with Gasteiger partial charge in [-0.25, -0.2) is 0 Å². The molecule has 3 aromatic rings. The molecule has 0 spiro atoms. The number of carbonyl (C=O) groups is 1. The van der Waals surface area contributed by atoms with Gasteiger partial charge in [0.15, 0.2) is 11.5 Å². The third-order valence-electron chi connectivity index (χ3n) is 4.81. The summed E-state index contributed by atoms with van der Waals surface area (Å²) in [6.45, 7) is 0.736. The zero-order valence-electron chi connectivity index (χ0n) is 16.7. The summed E-state index contributed by atoms with van der Waals surface area (Å²) >= 11 is 0. The fourth-order valence-electron chi connectivity index (χ4n) is 3.23. The van der Waals surface area contributed by atoms with Crippen LogP contribution in [0.1, 0.15) is 11.1 Å². The van der Waals surface area contributed by atoms with Crippen LogP contribution in [0.3, 0.4) is 0 Å². The van der Waals surface area contributed by atoms with Crippen molar-refractivity contribution in [3.05, 3.63) is 90.0 Å². The monoisotopic (exact) mass is 401 g/mol. The van der Waals surface area contributed by atoms with Crippen LogP contribution in [0.2, 0.25) is 0 Å². The van der Waals surface area contributed by atoms with Gasteiger partial charge in [-0.3, -0.25) is 4.79 Å². The Bertz CT molecular complexity index is 1030. The minimum atomic E-state index is -0.248. The fraction of sp³-hybridized carbons (Fsp3) is 0.160. The van der Waals surface area contributed by atoms with Crippen LogP contribution in [0.5, 0.6) is 17.2 Å². The summed E-state index contributed by atoms with van der Waals surface area (Å²) in [5.41, 5.74) is 2.34. The van der Waals surface area contributed by atoms with Gasteiger partial charge in [-0.1, -0.05) is 54.6 Å². The van der Waals surface area contributed by atoms with Crippen LogP contribution in [0.25, 0.3) is 11.6 Å². The molecule has 1 aliphatic rings. The largest absolute Gasteiger partial charge is 0.497 e. The number of methoxy groups -OCH3 is 1. The van der Waals surface area contributed by atoms with E-state index in [1.54, 1.807) is 7.11 Å². The molecule has 0 unspecified atom stereocenters. The highest BCUT2D eigenvalue weighted by molar-refractivity contribution is 6.24. The third kappa shape index (κ3) is 4.63. The Kier molecular flexibility index (Phi) is 5.99. The zero-order valence-corrected chi connectivity index (χ0v) is 16.7. The van der Waals surface area contributed by atoms with Crippen LogP contribution in [0.4, 0.5) is 0 Å². The van der Waals surface area contributed by atoms with Crippen molar-refractivity contribution in [2.45, 2.75) is 6.10 Å². The standard InChI is InChI=1S/C25H23NO4/c1-28-20-13-11-18(12-14-20)15-22(19-7-3-2-4-8-19)25(27)26-16-21-17-29-23-9-5-6-10-24(23)30-21/h2-15,21H,16-17H2,1H3,(H,26,27)/b22-15+/t21-/m1/s1. The van der Waals surface area contributed by atoms with Crippen LogP contribution in [0.15, 0.2) is 78.9 Å². The maximum absolute atomic E-state index is 13.1. The number of para-hydroxylation sites is 2. The average molecular weight is 401 g/mol. The second kappa shape index (κ2) is 9.18. The molecule has 0 aromatic heterocycles. The minimum Gasteiger partial charge on any atom is -0.497 e. The first kappa shape index (κ1) is 19.6. The Morgan fingerprint density at radius 1 is 1.00 bits per heavy atom. The molecule has 1 aliphatic heterocycles. The number of hydrogen-bond acceptors (Lipinski definition) is 4. The van der Waals surface area contributed by atoms with Gasteiger partial charge in [0, 0.05) is 5.57 Å². The molecule has 30 heavy (non-hydrogen) atoms. The van der Waals surface area contributed by atoms with Crippen molar-refractivity contribution < 1.29 is 19.0 Å². The Hall–Kier alpha value is -3.73. The Balaban J connectivity index is 1.49. The molecule has 0 aliphatic carbocycles. The van der Waals surface area contributed by atoms with Crippen LogP contribution >= 0.6 is 0 Å². The highest BCUT2D eigenvalue weighted by Crippen LogP contribution is 2.30. The molecule has 1 atom stereocenters. The van der Waals surface area contributed by atoms with E-state index in [1.165, 1.54) is 0 Å². The molecular formula is C25H23NO4. The molecule has 0 saturated heterocycles. The maximum atomic E-state index is 13.1. The SMILES string of the molecule is COc1ccc(/C=C(/C(=O)NC[C@@H]2COc3ccccc3O2)c2ccccc2)cc1. The molecule has 3 aromatic carbocycles. The molecule has 152 valence electrons. The van der Waals surface area contributed by atoms with Gasteiger partial charge < -0.3 is 19.5 Å². The second-order valence-corrected chi connectivity index (χ2v) is 6.90. The summed E-state index contributed by atoms with van der Waals surface area (Å²) in [5.74, 6) is 2.02. The van der Waals surface area contributed by atoms with E-state index in [-0.39, 0.29) is 12.0 Å². The van der Waals surface area contributed by atoms with Gasteiger partial charge >= 0.3 is 0 Å². The molecule has 0 saturated carbocycles. The predicted octanol–water partition coefficient (Wildman–Crippen LogP) is 4.19. The summed E-state index contributed by atoms with van der Waals surface area (Å²) in [5, 5.41) is 2.99. The summed E-state index contributed by atoms with van der Waals surface area (Å²) in [7, 11) is 1.63.